The molecule has 0 spiro atoms. The minimum atomic E-state index is -4.48. The number of rotatable bonds is 3. The minimum absolute atomic E-state index is 0.313. The summed E-state index contributed by atoms with van der Waals surface area (Å²) in [5.74, 6) is -1.30. The maximum atomic E-state index is 12.1. The lowest BCUT2D eigenvalue weighted by Gasteiger charge is -2.04. The Morgan fingerprint density at radius 2 is 2.27 bits per heavy atom. The molecule has 8 heteroatoms. The number of nitrogens with zero attached hydrogens (tertiary/aromatic N) is 2. The van der Waals surface area contributed by atoms with Crippen LogP contribution < -0.4 is 0 Å². The number of hydrogen-bond acceptors (Lipinski definition) is 2. The zero-order valence-electron chi connectivity index (χ0n) is 7.20. The van der Waals surface area contributed by atoms with Gasteiger partial charge in [0.25, 0.3) is 0 Å². The zero-order chi connectivity index (χ0) is 11.6. The van der Waals surface area contributed by atoms with Gasteiger partial charge in [-0.05, 0) is 0 Å². The van der Waals surface area contributed by atoms with Gasteiger partial charge in [0.15, 0.2) is 5.38 Å². The topological polar surface area (TPSA) is 55.1 Å². The molecule has 1 aromatic heterocycles. The van der Waals surface area contributed by atoms with Gasteiger partial charge in [-0.25, -0.2) is 0 Å². The van der Waals surface area contributed by atoms with Crippen LogP contribution >= 0.6 is 11.6 Å². The van der Waals surface area contributed by atoms with Gasteiger partial charge in [0.05, 0.1) is 18.3 Å². The number of aliphatic carboxylic acids is 1. The Kier molecular flexibility index (Phi) is 3.23. The molecule has 0 aromatic carbocycles. The molecule has 0 radical (unpaired) electrons. The van der Waals surface area contributed by atoms with E-state index >= 15 is 0 Å². The first-order chi connectivity index (χ1) is 6.80. The van der Waals surface area contributed by atoms with Crippen molar-refractivity contribution in [2.75, 3.05) is 0 Å². The lowest BCUT2D eigenvalue weighted by molar-refractivity contribution is -0.137. The SMILES string of the molecule is O=C(O)C(Cl)Cn1cc(C(F)(F)F)cn1. The number of carboxylic acid groups (broad SMARTS) is 1. The Bertz CT molecular complexity index is 363. The average Bonchev–Trinajstić information content (AvgIpc) is 2.51. The van der Waals surface area contributed by atoms with E-state index in [4.69, 9.17) is 16.7 Å². The molecule has 1 heterocycles. The van der Waals surface area contributed by atoms with Crippen molar-refractivity contribution in [1.29, 1.82) is 0 Å². The Morgan fingerprint density at radius 3 is 2.67 bits per heavy atom. The van der Waals surface area contributed by atoms with E-state index in [9.17, 15) is 18.0 Å². The molecular weight excluding hydrogens is 237 g/mol. The average molecular weight is 243 g/mol. The number of hydrogen-bond donors (Lipinski definition) is 1. The molecule has 1 aromatic rings. The highest BCUT2D eigenvalue weighted by molar-refractivity contribution is 6.29. The van der Waals surface area contributed by atoms with Crippen molar-refractivity contribution in [2.45, 2.75) is 18.1 Å². The fourth-order valence-electron chi connectivity index (χ4n) is 0.852. The van der Waals surface area contributed by atoms with Crippen LogP contribution in [0.2, 0.25) is 0 Å². The van der Waals surface area contributed by atoms with Crippen LogP contribution in [-0.4, -0.2) is 26.2 Å². The molecule has 0 fully saturated rings. The fourth-order valence-corrected chi connectivity index (χ4v) is 0.994. The van der Waals surface area contributed by atoms with Gasteiger partial charge in [0, 0.05) is 6.20 Å². The summed E-state index contributed by atoms with van der Waals surface area (Å²) in [5, 5.41) is 10.5. The predicted molar refractivity (Wildman–Crippen MR) is 44.5 cm³/mol. The van der Waals surface area contributed by atoms with E-state index in [0.29, 0.717) is 12.4 Å². The summed E-state index contributed by atoms with van der Waals surface area (Å²) in [5.41, 5.74) is -0.934. The standard InChI is InChI=1S/C7H6ClF3N2O2/c8-5(6(14)15)3-13-2-4(1-12-13)7(9,10)11/h1-2,5H,3H2,(H,14,15). The molecular formula is C7H6ClF3N2O2. The molecule has 0 saturated heterocycles. The third kappa shape index (κ3) is 3.12. The van der Waals surface area contributed by atoms with Crippen LogP contribution in [-0.2, 0) is 17.5 Å². The fraction of sp³-hybridized carbons (Fsp3) is 0.429. The zero-order valence-corrected chi connectivity index (χ0v) is 7.96. The van der Waals surface area contributed by atoms with Crippen molar-refractivity contribution in [3.8, 4) is 0 Å². The second kappa shape index (κ2) is 4.09. The van der Waals surface area contributed by atoms with E-state index in [1.165, 1.54) is 0 Å². The van der Waals surface area contributed by atoms with E-state index in [2.05, 4.69) is 5.10 Å². The first-order valence-corrected chi connectivity index (χ1v) is 4.21. The van der Waals surface area contributed by atoms with Crippen LogP contribution in [0.4, 0.5) is 13.2 Å². The molecule has 0 amide bonds. The molecule has 0 aliphatic heterocycles. The van der Waals surface area contributed by atoms with Crippen molar-refractivity contribution < 1.29 is 23.1 Å². The minimum Gasteiger partial charge on any atom is -0.480 e. The summed E-state index contributed by atoms with van der Waals surface area (Å²) < 4.78 is 37.1. The molecule has 0 saturated carbocycles. The van der Waals surface area contributed by atoms with E-state index < -0.39 is 23.1 Å². The summed E-state index contributed by atoms with van der Waals surface area (Å²) in [4.78, 5) is 10.3. The summed E-state index contributed by atoms with van der Waals surface area (Å²) in [6, 6.07) is 0. The van der Waals surface area contributed by atoms with E-state index in [1.807, 2.05) is 0 Å². The van der Waals surface area contributed by atoms with E-state index in [-0.39, 0.29) is 6.54 Å². The molecule has 1 unspecified atom stereocenters. The smallest absolute Gasteiger partial charge is 0.419 e. The summed E-state index contributed by atoms with van der Waals surface area (Å²) >= 11 is 5.33. The molecule has 15 heavy (non-hydrogen) atoms. The highest BCUT2D eigenvalue weighted by atomic mass is 35.5. The number of halogens is 4. The highest BCUT2D eigenvalue weighted by Gasteiger charge is 2.32. The third-order valence-electron chi connectivity index (χ3n) is 1.58. The van der Waals surface area contributed by atoms with Gasteiger partial charge >= 0.3 is 12.1 Å². The summed E-state index contributed by atoms with van der Waals surface area (Å²) in [7, 11) is 0. The molecule has 4 nitrogen and oxygen atoms in total. The molecule has 1 atom stereocenters. The lowest BCUT2D eigenvalue weighted by atomic mass is 10.3. The number of carboxylic acids is 1. The monoisotopic (exact) mass is 242 g/mol. The van der Waals surface area contributed by atoms with Crippen LogP contribution in [0.1, 0.15) is 5.56 Å². The number of carbonyl (C=O) groups is 1. The van der Waals surface area contributed by atoms with Crippen LogP contribution in [0, 0.1) is 0 Å². The van der Waals surface area contributed by atoms with Crippen LogP contribution in [0.5, 0.6) is 0 Å². The predicted octanol–water partition coefficient (Wildman–Crippen LogP) is 1.59. The van der Waals surface area contributed by atoms with Gasteiger partial charge in [0.1, 0.15) is 0 Å². The van der Waals surface area contributed by atoms with Crippen molar-refractivity contribution in [3.63, 3.8) is 0 Å². The Labute approximate surface area is 87.3 Å². The number of aromatic nitrogens is 2. The first-order valence-electron chi connectivity index (χ1n) is 3.77. The van der Waals surface area contributed by atoms with E-state index in [0.717, 1.165) is 4.68 Å². The van der Waals surface area contributed by atoms with Gasteiger partial charge in [-0.15, -0.1) is 11.6 Å². The van der Waals surface area contributed by atoms with Crippen molar-refractivity contribution in [2.24, 2.45) is 0 Å². The van der Waals surface area contributed by atoms with Crippen LogP contribution in [0.25, 0.3) is 0 Å². The molecule has 0 aliphatic carbocycles. The Morgan fingerprint density at radius 1 is 1.67 bits per heavy atom. The maximum absolute atomic E-state index is 12.1. The third-order valence-corrected chi connectivity index (χ3v) is 1.90. The first kappa shape index (κ1) is 11.8. The van der Waals surface area contributed by atoms with Crippen molar-refractivity contribution in [1.82, 2.24) is 9.78 Å². The Balaban J connectivity index is 2.73. The quantitative estimate of drug-likeness (QED) is 0.819. The highest BCUT2D eigenvalue weighted by Crippen LogP contribution is 2.28. The van der Waals surface area contributed by atoms with Gasteiger partial charge in [0.2, 0.25) is 0 Å². The molecule has 0 bridgehead atoms. The summed E-state index contributed by atoms with van der Waals surface area (Å²) in [6.45, 7) is -0.313. The van der Waals surface area contributed by atoms with Gasteiger partial charge < -0.3 is 5.11 Å². The van der Waals surface area contributed by atoms with Gasteiger partial charge in [-0.1, -0.05) is 0 Å². The maximum Gasteiger partial charge on any atom is 0.419 e. The van der Waals surface area contributed by atoms with Crippen molar-refractivity contribution in [3.05, 3.63) is 18.0 Å². The molecule has 1 rings (SSSR count). The molecule has 84 valence electrons. The summed E-state index contributed by atoms with van der Waals surface area (Å²) in [6.07, 6.45) is -3.16. The van der Waals surface area contributed by atoms with Crippen LogP contribution in [0.15, 0.2) is 12.4 Å². The Hall–Kier alpha value is -1.24. The second-order valence-corrected chi connectivity index (χ2v) is 3.28. The second-order valence-electron chi connectivity index (χ2n) is 2.75. The van der Waals surface area contributed by atoms with Gasteiger partial charge in [-0.2, -0.15) is 18.3 Å². The normalized spacial score (nSPS) is 13.9. The van der Waals surface area contributed by atoms with Crippen LogP contribution in [0.3, 0.4) is 0 Å². The van der Waals surface area contributed by atoms with Gasteiger partial charge in [-0.3, -0.25) is 9.48 Å². The number of alkyl halides is 4. The van der Waals surface area contributed by atoms with E-state index in [1.54, 1.807) is 0 Å². The largest absolute Gasteiger partial charge is 0.480 e. The lowest BCUT2D eigenvalue weighted by Crippen LogP contribution is -2.20. The molecule has 0 aliphatic rings. The molecule has 1 N–H and O–H groups in total. The van der Waals surface area contributed by atoms with Crippen molar-refractivity contribution >= 4 is 17.6 Å².